The second-order valence-electron chi connectivity index (χ2n) is 9.01. The fourth-order valence-electron chi connectivity index (χ4n) is 4.97. The number of ether oxygens (including phenoxy) is 1. The Balaban J connectivity index is 1.27. The summed E-state index contributed by atoms with van der Waals surface area (Å²) in [6.45, 7) is 6.26. The van der Waals surface area contributed by atoms with Gasteiger partial charge in [0.1, 0.15) is 5.75 Å². The summed E-state index contributed by atoms with van der Waals surface area (Å²) in [6, 6.07) is 16.2. The Labute approximate surface area is 194 Å². The number of piperidine rings is 1. The molecule has 1 aliphatic heterocycles. The van der Waals surface area contributed by atoms with Gasteiger partial charge >= 0.3 is 0 Å². The maximum absolute atomic E-state index is 13.2. The van der Waals surface area contributed by atoms with Crippen molar-refractivity contribution in [1.82, 2.24) is 19.7 Å². The number of fused-ring (bicyclic) bond motifs is 1. The predicted molar refractivity (Wildman–Crippen MR) is 130 cm³/mol. The van der Waals surface area contributed by atoms with Crippen LogP contribution in [0.25, 0.3) is 10.9 Å². The van der Waals surface area contributed by atoms with E-state index in [1.54, 1.807) is 7.11 Å². The highest BCUT2D eigenvalue weighted by Crippen LogP contribution is 2.35. The van der Waals surface area contributed by atoms with Gasteiger partial charge in [0.25, 0.3) is 5.91 Å². The maximum Gasteiger partial charge on any atom is 0.253 e. The van der Waals surface area contributed by atoms with Crippen LogP contribution in [0.15, 0.2) is 54.7 Å². The zero-order valence-corrected chi connectivity index (χ0v) is 19.5. The van der Waals surface area contributed by atoms with Crippen molar-refractivity contribution < 1.29 is 9.53 Å². The first-order chi connectivity index (χ1) is 16.0. The molecule has 4 aromatic rings. The quantitative estimate of drug-likeness (QED) is 0.470. The fourth-order valence-corrected chi connectivity index (χ4v) is 4.97. The number of benzene rings is 2. The first-order valence-electron chi connectivity index (χ1n) is 11.6. The predicted octanol–water partition coefficient (Wildman–Crippen LogP) is 5.06. The number of aromatic amines is 1. The largest absolute Gasteiger partial charge is 0.497 e. The van der Waals surface area contributed by atoms with Crippen molar-refractivity contribution in [3.63, 3.8) is 0 Å². The van der Waals surface area contributed by atoms with E-state index < -0.39 is 0 Å². The summed E-state index contributed by atoms with van der Waals surface area (Å²) >= 11 is 0. The first kappa shape index (κ1) is 21.3. The van der Waals surface area contributed by atoms with Gasteiger partial charge < -0.3 is 14.6 Å². The third-order valence-corrected chi connectivity index (χ3v) is 6.75. The lowest BCUT2D eigenvalue weighted by Gasteiger charge is -2.32. The fraction of sp³-hybridized carbons (Fsp3) is 0.333. The van der Waals surface area contributed by atoms with E-state index in [-0.39, 0.29) is 5.91 Å². The SMILES string of the molecule is COc1ccc2[nH]cc(C3CCN(C(=O)c4cccc(Cn5nc(C)cc5C)c4)CC3)c2c1. The molecule has 0 atom stereocenters. The molecule has 1 fully saturated rings. The van der Waals surface area contributed by atoms with E-state index in [4.69, 9.17) is 4.74 Å². The van der Waals surface area contributed by atoms with Crippen molar-refractivity contribution in [3.05, 3.63) is 82.8 Å². The molecule has 33 heavy (non-hydrogen) atoms. The van der Waals surface area contributed by atoms with Crippen molar-refractivity contribution in [3.8, 4) is 5.75 Å². The van der Waals surface area contributed by atoms with Gasteiger partial charge in [-0.2, -0.15) is 5.10 Å². The smallest absolute Gasteiger partial charge is 0.253 e. The van der Waals surface area contributed by atoms with Crippen LogP contribution in [0.1, 0.15) is 51.6 Å². The molecule has 6 nitrogen and oxygen atoms in total. The Bertz CT molecular complexity index is 1290. The number of aryl methyl sites for hydroxylation is 2. The molecule has 1 aliphatic rings. The second kappa shape index (κ2) is 8.77. The lowest BCUT2D eigenvalue weighted by atomic mass is 9.89. The van der Waals surface area contributed by atoms with Crippen LogP contribution in [0.4, 0.5) is 0 Å². The number of aromatic nitrogens is 3. The van der Waals surface area contributed by atoms with Crippen LogP contribution in [0.3, 0.4) is 0 Å². The van der Waals surface area contributed by atoms with Gasteiger partial charge in [0.15, 0.2) is 0 Å². The lowest BCUT2D eigenvalue weighted by Crippen LogP contribution is -2.37. The molecule has 1 saturated heterocycles. The molecule has 6 heteroatoms. The van der Waals surface area contributed by atoms with Gasteiger partial charge in [-0.3, -0.25) is 9.48 Å². The highest BCUT2D eigenvalue weighted by atomic mass is 16.5. The van der Waals surface area contributed by atoms with Gasteiger partial charge in [-0.1, -0.05) is 12.1 Å². The van der Waals surface area contributed by atoms with Crippen molar-refractivity contribution in [2.24, 2.45) is 0 Å². The third kappa shape index (κ3) is 4.25. The summed E-state index contributed by atoms with van der Waals surface area (Å²) in [7, 11) is 1.70. The molecular formula is C27H30N4O2. The molecule has 0 radical (unpaired) electrons. The number of likely N-dealkylation sites (tertiary alicyclic amines) is 1. The Morgan fingerprint density at radius 1 is 1.12 bits per heavy atom. The van der Waals surface area contributed by atoms with Crippen LogP contribution in [-0.2, 0) is 6.54 Å². The van der Waals surface area contributed by atoms with Crippen LogP contribution in [-0.4, -0.2) is 45.8 Å². The Hall–Kier alpha value is -3.54. The summed E-state index contributed by atoms with van der Waals surface area (Å²) in [5.74, 6) is 1.42. The van der Waals surface area contributed by atoms with Crippen LogP contribution in [0, 0.1) is 13.8 Å². The van der Waals surface area contributed by atoms with E-state index in [9.17, 15) is 4.79 Å². The van der Waals surface area contributed by atoms with E-state index in [0.29, 0.717) is 12.5 Å². The van der Waals surface area contributed by atoms with Crippen molar-refractivity contribution in [2.75, 3.05) is 20.2 Å². The number of hydrogen-bond donors (Lipinski definition) is 1. The number of amides is 1. The minimum Gasteiger partial charge on any atom is -0.497 e. The number of methoxy groups -OCH3 is 1. The average Bonchev–Trinajstić information content (AvgIpc) is 3.40. The average molecular weight is 443 g/mol. The number of nitrogens with zero attached hydrogens (tertiary/aromatic N) is 3. The van der Waals surface area contributed by atoms with Crippen LogP contribution < -0.4 is 4.74 Å². The minimum atomic E-state index is 0.115. The number of carbonyl (C=O) groups is 1. The van der Waals surface area contributed by atoms with E-state index in [0.717, 1.165) is 59.7 Å². The highest BCUT2D eigenvalue weighted by Gasteiger charge is 2.26. The standard InChI is InChI=1S/C27H30N4O2/c1-18-13-19(2)31(29-18)17-20-5-4-6-22(14-20)27(32)30-11-9-21(10-12-30)25-16-28-26-8-7-23(33-3)15-24(25)26/h4-8,13-16,21,28H,9-12,17H2,1-3H3. The van der Waals surface area contributed by atoms with E-state index >= 15 is 0 Å². The lowest BCUT2D eigenvalue weighted by molar-refractivity contribution is 0.0713. The van der Waals surface area contributed by atoms with Gasteiger partial charge in [0.05, 0.1) is 19.3 Å². The topological polar surface area (TPSA) is 63.1 Å². The van der Waals surface area contributed by atoms with Gasteiger partial charge in [0.2, 0.25) is 0 Å². The van der Waals surface area contributed by atoms with Crippen molar-refractivity contribution in [2.45, 2.75) is 39.2 Å². The number of hydrogen-bond acceptors (Lipinski definition) is 3. The number of carbonyl (C=O) groups excluding carboxylic acids is 1. The highest BCUT2D eigenvalue weighted by molar-refractivity contribution is 5.94. The Morgan fingerprint density at radius 3 is 2.67 bits per heavy atom. The van der Waals surface area contributed by atoms with Crippen LogP contribution in [0.2, 0.25) is 0 Å². The molecule has 3 heterocycles. The molecule has 0 aliphatic carbocycles. The minimum absolute atomic E-state index is 0.115. The zero-order valence-electron chi connectivity index (χ0n) is 19.5. The molecular weight excluding hydrogens is 412 g/mol. The molecule has 0 bridgehead atoms. The van der Waals surface area contributed by atoms with Crippen LogP contribution in [0.5, 0.6) is 5.75 Å². The molecule has 5 rings (SSSR count). The molecule has 0 spiro atoms. The summed E-state index contributed by atoms with van der Waals surface area (Å²) < 4.78 is 7.40. The first-order valence-corrected chi connectivity index (χ1v) is 11.6. The third-order valence-electron chi connectivity index (χ3n) is 6.75. The van der Waals surface area contributed by atoms with Gasteiger partial charge in [0, 0.05) is 41.4 Å². The molecule has 1 N–H and O–H groups in total. The van der Waals surface area contributed by atoms with Crippen molar-refractivity contribution >= 4 is 16.8 Å². The maximum atomic E-state index is 13.2. The van der Waals surface area contributed by atoms with Gasteiger partial charge in [-0.05, 0) is 80.1 Å². The zero-order chi connectivity index (χ0) is 22.9. The number of nitrogens with one attached hydrogen (secondary N) is 1. The summed E-state index contributed by atoms with van der Waals surface area (Å²) in [5, 5.41) is 5.76. The van der Waals surface area contributed by atoms with Crippen molar-refractivity contribution in [1.29, 1.82) is 0 Å². The van der Waals surface area contributed by atoms with E-state index in [1.165, 1.54) is 10.9 Å². The molecule has 2 aromatic carbocycles. The molecule has 170 valence electrons. The molecule has 2 aromatic heterocycles. The monoisotopic (exact) mass is 442 g/mol. The second-order valence-corrected chi connectivity index (χ2v) is 9.01. The summed E-state index contributed by atoms with van der Waals surface area (Å²) in [5.41, 5.74) is 6.43. The molecule has 1 amide bonds. The summed E-state index contributed by atoms with van der Waals surface area (Å²) in [4.78, 5) is 18.6. The van der Waals surface area contributed by atoms with Gasteiger partial charge in [-0.25, -0.2) is 0 Å². The Morgan fingerprint density at radius 2 is 1.94 bits per heavy atom. The Kier molecular flexibility index (Phi) is 5.67. The summed E-state index contributed by atoms with van der Waals surface area (Å²) in [6.07, 6.45) is 4.04. The van der Waals surface area contributed by atoms with Gasteiger partial charge in [-0.15, -0.1) is 0 Å². The molecule has 0 unspecified atom stereocenters. The normalized spacial score (nSPS) is 14.7. The number of rotatable bonds is 5. The number of H-pyrrole nitrogens is 1. The molecule has 0 saturated carbocycles. The van der Waals surface area contributed by atoms with E-state index in [2.05, 4.69) is 47.5 Å². The van der Waals surface area contributed by atoms with E-state index in [1.807, 2.05) is 40.8 Å². The van der Waals surface area contributed by atoms with Crippen LogP contribution >= 0.6 is 0 Å².